The Balaban J connectivity index is 2.47. The summed E-state index contributed by atoms with van der Waals surface area (Å²) >= 11 is 0. The zero-order valence-corrected chi connectivity index (χ0v) is 10.1. The third-order valence-corrected chi connectivity index (χ3v) is 3.26. The van der Waals surface area contributed by atoms with Crippen molar-refractivity contribution in [3.05, 3.63) is 29.3 Å². The summed E-state index contributed by atoms with van der Waals surface area (Å²) in [4.78, 5) is 0. The largest absolute Gasteiger partial charge is 0.508 e. The summed E-state index contributed by atoms with van der Waals surface area (Å²) in [5, 5.41) is 9.55. The van der Waals surface area contributed by atoms with E-state index in [2.05, 4.69) is 19.9 Å². The van der Waals surface area contributed by atoms with E-state index in [4.69, 9.17) is 0 Å². The highest BCUT2D eigenvalue weighted by Crippen LogP contribution is 2.22. The van der Waals surface area contributed by atoms with Crippen LogP contribution in [0.2, 0.25) is 0 Å². The molecule has 0 fully saturated rings. The molecule has 0 amide bonds. The first-order valence-electron chi connectivity index (χ1n) is 5.92. The van der Waals surface area contributed by atoms with Crippen LogP contribution in [0.1, 0.15) is 44.2 Å². The molecule has 1 aromatic rings. The van der Waals surface area contributed by atoms with Crippen molar-refractivity contribution in [1.29, 1.82) is 0 Å². The lowest BCUT2D eigenvalue weighted by molar-refractivity contribution is 0.468. The van der Waals surface area contributed by atoms with Crippen molar-refractivity contribution >= 4 is 0 Å². The van der Waals surface area contributed by atoms with Gasteiger partial charge in [-0.05, 0) is 42.9 Å². The van der Waals surface area contributed by atoms with Crippen LogP contribution in [0.3, 0.4) is 0 Å². The molecule has 15 heavy (non-hydrogen) atoms. The highest BCUT2D eigenvalue weighted by molar-refractivity contribution is 5.37. The van der Waals surface area contributed by atoms with Crippen LogP contribution in [-0.2, 0) is 6.42 Å². The molecule has 0 saturated heterocycles. The predicted octanol–water partition coefficient (Wildman–Crippen LogP) is 4.07. The van der Waals surface area contributed by atoms with Gasteiger partial charge in [0.25, 0.3) is 0 Å². The second kappa shape index (κ2) is 5.79. The van der Waals surface area contributed by atoms with Gasteiger partial charge < -0.3 is 5.11 Å². The van der Waals surface area contributed by atoms with Crippen LogP contribution < -0.4 is 0 Å². The number of hydrogen-bond acceptors (Lipinski definition) is 1. The zero-order valence-electron chi connectivity index (χ0n) is 10.1. The van der Waals surface area contributed by atoms with Crippen molar-refractivity contribution in [2.24, 2.45) is 5.92 Å². The lowest BCUT2D eigenvalue weighted by Gasteiger charge is -2.10. The fourth-order valence-corrected chi connectivity index (χ4v) is 1.79. The summed E-state index contributed by atoms with van der Waals surface area (Å²) in [5.41, 5.74) is 2.33. The molecular formula is C14H22O. The Bertz CT molecular complexity index is 304. The van der Waals surface area contributed by atoms with E-state index in [0.717, 1.165) is 17.9 Å². The van der Waals surface area contributed by atoms with Crippen molar-refractivity contribution in [2.45, 2.75) is 46.5 Å². The van der Waals surface area contributed by atoms with Crippen LogP contribution in [0.5, 0.6) is 5.75 Å². The average molecular weight is 206 g/mol. The topological polar surface area (TPSA) is 20.2 Å². The van der Waals surface area contributed by atoms with Gasteiger partial charge >= 0.3 is 0 Å². The van der Waals surface area contributed by atoms with Crippen LogP contribution in [0, 0.1) is 12.8 Å². The Kier molecular flexibility index (Phi) is 4.67. The standard InChI is InChI=1S/C14H22O/c1-4-11(2)7-5-8-13-9-6-10-14(15)12(13)3/h6,9-11,15H,4-5,7-8H2,1-3H3. The van der Waals surface area contributed by atoms with Gasteiger partial charge in [0.05, 0.1) is 0 Å². The quantitative estimate of drug-likeness (QED) is 0.770. The molecule has 84 valence electrons. The minimum Gasteiger partial charge on any atom is -0.508 e. The molecule has 0 aromatic heterocycles. The monoisotopic (exact) mass is 206 g/mol. The second-order valence-electron chi connectivity index (χ2n) is 4.47. The summed E-state index contributed by atoms with van der Waals surface area (Å²) in [6.07, 6.45) is 4.86. The van der Waals surface area contributed by atoms with Gasteiger partial charge in [0, 0.05) is 0 Å². The molecule has 0 saturated carbocycles. The minimum atomic E-state index is 0.427. The molecule has 0 radical (unpaired) electrons. The van der Waals surface area contributed by atoms with E-state index < -0.39 is 0 Å². The normalized spacial score (nSPS) is 12.7. The molecule has 1 heteroatoms. The number of benzene rings is 1. The van der Waals surface area contributed by atoms with E-state index in [9.17, 15) is 5.11 Å². The van der Waals surface area contributed by atoms with Crippen LogP contribution >= 0.6 is 0 Å². The van der Waals surface area contributed by atoms with Gasteiger partial charge in [-0.3, -0.25) is 0 Å². The van der Waals surface area contributed by atoms with Gasteiger partial charge in [0.15, 0.2) is 0 Å². The third kappa shape index (κ3) is 3.58. The summed E-state index contributed by atoms with van der Waals surface area (Å²) in [7, 11) is 0. The van der Waals surface area contributed by atoms with Crippen LogP contribution in [0.25, 0.3) is 0 Å². The number of aryl methyl sites for hydroxylation is 1. The summed E-state index contributed by atoms with van der Waals surface area (Å²) in [6, 6.07) is 5.81. The van der Waals surface area contributed by atoms with Gasteiger partial charge in [-0.1, -0.05) is 38.8 Å². The summed E-state index contributed by atoms with van der Waals surface area (Å²) in [6.45, 7) is 6.54. The molecule has 1 unspecified atom stereocenters. The first-order chi connectivity index (χ1) is 7.15. The Morgan fingerprint density at radius 1 is 1.33 bits per heavy atom. The first-order valence-corrected chi connectivity index (χ1v) is 5.92. The van der Waals surface area contributed by atoms with Crippen molar-refractivity contribution in [1.82, 2.24) is 0 Å². The molecule has 0 spiro atoms. The number of rotatable bonds is 5. The lowest BCUT2D eigenvalue weighted by atomic mass is 9.97. The van der Waals surface area contributed by atoms with Crippen LogP contribution in [0.4, 0.5) is 0 Å². The van der Waals surface area contributed by atoms with Gasteiger partial charge in [-0.2, -0.15) is 0 Å². The SMILES string of the molecule is CCC(C)CCCc1cccc(O)c1C. The number of phenolic OH excluding ortho intramolecular Hbond substituents is 1. The fraction of sp³-hybridized carbons (Fsp3) is 0.571. The smallest absolute Gasteiger partial charge is 0.118 e. The maximum absolute atomic E-state index is 9.55. The van der Waals surface area contributed by atoms with Crippen molar-refractivity contribution < 1.29 is 5.11 Å². The van der Waals surface area contributed by atoms with Crippen molar-refractivity contribution in [3.8, 4) is 5.75 Å². The highest BCUT2D eigenvalue weighted by Gasteiger charge is 2.03. The summed E-state index contributed by atoms with van der Waals surface area (Å²) in [5.74, 6) is 1.25. The van der Waals surface area contributed by atoms with E-state index in [1.165, 1.54) is 24.8 Å². The van der Waals surface area contributed by atoms with Gasteiger partial charge in [-0.15, -0.1) is 0 Å². The number of aromatic hydroxyl groups is 1. The molecular weight excluding hydrogens is 184 g/mol. The molecule has 0 aliphatic carbocycles. The van der Waals surface area contributed by atoms with E-state index in [-0.39, 0.29) is 0 Å². The molecule has 0 aliphatic heterocycles. The second-order valence-corrected chi connectivity index (χ2v) is 4.47. The molecule has 1 N–H and O–H groups in total. The minimum absolute atomic E-state index is 0.427. The van der Waals surface area contributed by atoms with E-state index in [1.54, 1.807) is 6.07 Å². The molecule has 1 rings (SSSR count). The Labute approximate surface area is 93.1 Å². The molecule has 0 bridgehead atoms. The fourth-order valence-electron chi connectivity index (χ4n) is 1.79. The molecule has 0 heterocycles. The molecule has 1 aromatic carbocycles. The van der Waals surface area contributed by atoms with E-state index in [0.29, 0.717) is 5.75 Å². The molecule has 0 aliphatic rings. The maximum Gasteiger partial charge on any atom is 0.118 e. The highest BCUT2D eigenvalue weighted by atomic mass is 16.3. The Morgan fingerprint density at radius 2 is 2.07 bits per heavy atom. The maximum atomic E-state index is 9.55. The van der Waals surface area contributed by atoms with E-state index in [1.807, 2.05) is 13.0 Å². The van der Waals surface area contributed by atoms with Crippen molar-refractivity contribution in [3.63, 3.8) is 0 Å². The third-order valence-electron chi connectivity index (χ3n) is 3.26. The Hall–Kier alpha value is -0.980. The van der Waals surface area contributed by atoms with Crippen molar-refractivity contribution in [2.75, 3.05) is 0 Å². The summed E-state index contributed by atoms with van der Waals surface area (Å²) < 4.78 is 0. The molecule has 1 atom stereocenters. The van der Waals surface area contributed by atoms with Gasteiger partial charge in [0.1, 0.15) is 5.75 Å². The van der Waals surface area contributed by atoms with Gasteiger partial charge in [0.2, 0.25) is 0 Å². The number of phenols is 1. The van der Waals surface area contributed by atoms with Crippen LogP contribution in [0.15, 0.2) is 18.2 Å². The van der Waals surface area contributed by atoms with Gasteiger partial charge in [-0.25, -0.2) is 0 Å². The number of hydrogen-bond donors (Lipinski definition) is 1. The zero-order chi connectivity index (χ0) is 11.3. The predicted molar refractivity (Wildman–Crippen MR) is 65.2 cm³/mol. The first kappa shape index (κ1) is 12.1. The van der Waals surface area contributed by atoms with Crippen LogP contribution in [-0.4, -0.2) is 5.11 Å². The lowest BCUT2D eigenvalue weighted by Crippen LogP contribution is -1.95. The molecule has 1 nitrogen and oxygen atoms in total. The average Bonchev–Trinajstić information content (AvgIpc) is 2.24. The van der Waals surface area contributed by atoms with E-state index >= 15 is 0 Å². The Morgan fingerprint density at radius 3 is 2.73 bits per heavy atom.